The quantitative estimate of drug-likeness (QED) is 0.691. The lowest BCUT2D eigenvalue weighted by molar-refractivity contribution is 0.0695. The molecule has 0 atom stereocenters. The number of nitrogens with one attached hydrogen (secondary N) is 1. The Bertz CT molecular complexity index is 800. The Morgan fingerprint density at radius 2 is 2.12 bits per heavy atom. The maximum absolute atomic E-state index is 12.1. The van der Waals surface area contributed by atoms with E-state index in [1.807, 2.05) is 17.5 Å². The van der Waals surface area contributed by atoms with E-state index < -0.39 is 11.4 Å². The van der Waals surface area contributed by atoms with E-state index in [-0.39, 0.29) is 5.56 Å². The van der Waals surface area contributed by atoms with Crippen LogP contribution in [-0.2, 0) is 0 Å². The Kier molecular flexibility index (Phi) is 2.02. The van der Waals surface area contributed by atoms with Gasteiger partial charge in [0.05, 0.1) is 10.9 Å². The van der Waals surface area contributed by atoms with Crippen LogP contribution in [-0.4, -0.2) is 16.1 Å². The van der Waals surface area contributed by atoms with Crippen molar-refractivity contribution in [1.82, 2.24) is 4.98 Å². The number of pyridine rings is 1. The van der Waals surface area contributed by atoms with Crippen LogP contribution in [0.2, 0.25) is 0 Å². The lowest BCUT2D eigenvalue weighted by Gasteiger charge is -2.00. The van der Waals surface area contributed by atoms with Gasteiger partial charge in [-0.25, -0.2) is 4.79 Å². The molecule has 0 aliphatic carbocycles. The van der Waals surface area contributed by atoms with Crippen LogP contribution in [0.5, 0.6) is 0 Å². The van der Waals surface area contributed by atoms with Crippen molar-refractivity contribution in [1.29, 1.82) is 0 Å². The number of carbonyl (C=O) groups is 1. The van der Waals surface area contributed by atoms with Gasteiger partial charge < -0.3 is 10.1 Å². The number of aromatic carboxylic acids is 1. The monoisotopic (exact) mass is 245 g/mol. The molecule has 3 aromatic rings. The Labute approximate surface area is 99.1 Å². The van der Waals surface area contributed by atoms with E-state index in [0.29, 0.717) is 10.9 Å². The van der Waals surface area contributed by atoms with Gasteiger partial charge in [-0.3, -0.25) is 4.79 Å². The predicted molar refractivity (Wildman–Crippen MR) is 66.9 cm³/mol. The number of carboxylic acids is 1. The highest BCUT2D eigenvalue weighted by Crippen LogP contribution is 2.26. The molecule has 0 radical (unpaired) electrons. The van der Waals surface area contributed by atoms with Crippen molar-refractivity contribution in [2.45, 2.75) is 0 Å². The second-order valence-electron chi connectivity index (χ2n) is 3.66. The SMILES string of the molecule is O=C(O)c1c[nH]c2ccc3ccsc3c2c1=O. The number of aromatic amines is 1. The van der Waals surface area contributed by atoms with Gasteiger partial charge in [-0.05, 0) is 22.9 Å². The minimum absolute atomic E-state index is 0.224. The summed E-state index contributed by atoms with van der Waals surface area (Å²) in [6.07, 6.45) is 1.24. The fourth-order valence-electron chi connectivity index (χ4n) is 1.89. The summed E-state index contributed by atoms with van der Waals surface area (Å²) in [5.74, 6) is -1.21. The van der Waals surface area contributed by atoms with Crippen molar-refractivity contribution in [2.75, 3.05) is 0 Å². The Morgan fingerprint density at radius 1 is 1.29 bits per heavy atom. The Hall–Kier alpha value is -2.14. The highest BCUT2D eigenvalue weighted by Gasteiger charge is 2.13. The summed E-state index contributed by atoms with van der Waals surface area (Å²) < 4.78 is 0.826. The first kappa shape index (κ1) is 10.0. The molecule has 2 aromatic heterocycles. The van der Waals surface area contributed by atoms with Gasteiger partial charge in [0.25, 0.3) is 0 Å². The molecule has 84 valence electrons. The summed E-state index contributed by atoms with van der Waals surface area (Å²) in [7, 11) is 0. The number of fused-ring (bicyclic) bond motifs is 3. The molecule has 5 heteroatoms. The van der Waals surface area contributed by atoms with Gasteiger partial charge in [0.2, 0.25) is 5.43 Å². The third-order valence-electron chi connectivity index (χ3n) is 2.70. The van der Waals surface area contributed by atoms with Gasteiger partial charge in [-0.15, -0.1) is 11.3 Å². The number of thiophene rings is 1. The lowest BCUT2D eigenvalue weighted by atomic mass is 10.1. The molecule has 2 N–H and O–H groups in total. The van der Waals surface area contributed by atoms with Crippen molar-refractivity contribution in [2.24, 2.45) is 0 Å². The summed E-state index contributed by atoms with van der Waals surface area (Å²) >= 11 is 1.44. The number of hydrogen-bond donors (Lipinski definition) is 2. The minimum atomic E-state index is -1.21. The van der Waals surface area contributed by atoms with Crippen molar-refractivity contribution < 1.29 is 9.90 Å². The first-order valence-corrected chi connectivity index (χ1v) is 5.81. The van der Waals surface area contributed by atoms with E-state index in [0.717, 1.165) is 10.1 Å². The van der Waals surface area contributed by atoms with Crippen LogP contribution < -0.4 is 5.43 Å². The van der Waals surface area contributed by atoms with Gasteiger partial charge in [0, 0.05) is 10.9 Å². The van der Waals surface area contributed by atoms with E-state index in [1.54, 1.807) is 6.07 Å². The van der Waals surface area contributed by atoms with Crippen LogP contribution in [0.25, 0.3) is 21.0 Å². The summed E-state index contributed by atoms with van der Waals surface area (Å²) in [4.78, 5) is 25.9. The predicted octanol–water partition coefficient (Wildman–Crippen LogP) is 2.44. The molecule has 0 amide bonds. The molecule has 0 aliphatic heterocycles. The summed E-state index contributed by atoms with van der Waals surface area (Å²) in [5, 5.41) is 12.2. The maximum Gasteiger partial charge on any atom is 0.341 e. The third kappa shape index (κ3) is 1.36. The van der Waals surface area contributed by atoms with Crippen LogP contribution in [0.3, 0.4) is 0 Å². The zero-order valence-electron chi connectivity index (χ0n) is 8.56. The number of aromatic nitrogens is 1. The molecule has 0 fully saturated rings. The summed E-state index contributed by atoms with van der Waals surface area (Å²) in [5.41, 5.74) is 0.00708. The zero-order valence-corrected chi connectivity index (χ0v) is 9.38. The first-order valence-electron chi connectivity index (χ1n) is 4.93. The highest BCUT2D eigenvalue weighted by molar-refractivity contribution is 7.18. The topological polar surface area (TPSA) is 70.2 Å². The molecular formula is C12H7NO3S. The Morgan fingerprint density at radius 3 is 2.88 bits per heavy atom. The average Bonchev–Trinajstić information content (AvgIpc) is 2.76. The first-order chi connectivity index (χ1) is 8.18. The van der Waals surface area contributed by atoms with Crippen LogP contribution in [0.15, 0.2) is 34.6 Å². The summed E-state index contributed by atoms with van der Waals surface area (Å²) in [6, 6.07) is 5.61. The highest BCUT2D eigenvalue weighted by atomic mass is 32.1. The average molecular weight is 245 g/mol. The molecule has 1 aromatic carbocycles. The fourth-order valence-corrected chi connectivity index (χ4v) is 2.83. The van der Waals surface area contributed by atoms with Crippen LogP contribution in [0.4, 0.5) is 0 Å². The Balaban J connectivity index is 2.60. The lowest BCUT2D eigenvalue weighted by Crippen LogP contribution is -2.15. The minimum Gasteiger partial charge on any atom is -0.477 e. The standard InChI is InChI=1S/C12H7NO3S/c14-10-7(12(15)16)5-13-8-2-1-6-3-4-17-11(6)9(8)10/h1-5H,(H,13,14)(H,15,16). The zero-order chi connectivity index (χ0) is 12.0. The van der Waals surface area contributed by atoms with Gasteiger partial charge in [-0.1, -0.05) is 6.07 Å². The van der Waals surface area contributed by atoms with E-state index >= 15 is 0 Å². The molecule has 4 nitrogen and oxygen atoms in total. The van der Waals surface area contributed by atoms with E-state index in [9.17, 15) is 9.59 Å². The molecule has 17 heavy (non-hydrogen) atoms. The molecule has 0 saturated carbocycles. The van der Waals surface area contributed by atoms with Crippen molar-refractivity contribution >= 4 is 38.3 Å². The van der Waals surface area contributed by atoms with E-state index in [4.69, 9.17) is 5.11 Å². The number of hydrogen-bond acceptors (Lipinski definition) is 3. The number of benzene rings is 1. The number of carboxylic acid groups (broad SMARTS) is 1. The van der Waals surface area contributed by atoms with Crippen molar-refractivity contribution in [3.8, 4) is 0 Å². The maximum atomic E-state index is 12.1. The van der Waals surface area contributed by atoms with Crippen molar-refractivity contribution in [3.63, 3.8) is 0 Å². The van der Waals surface area contributed by atoms with Gasteiger partial charge >= 0.3 is 5.97 Å². The second-order valence-corrected chi connectivity index (χ2v) is 4.58. The fraction of sp³-hybridized carbons (Fsp3) is 0. The smallest absolute Gasteiger partial charge is 0.341 e. The van der Waals surface area contributed by atoms with Crippen LogP contribution in [0.1, 0.15) is 10.4 Å². The molecule has 0 spiro atoms. The van der Waals surface area contributed by atoms with Gasteiger partial charge in [-0.2, -0.15) is 0 Å². The van der Waals surface area contributed by atoms with E-state index in [1.165, 1.54) is 17.5 Å². The van der Waals surface area contributed by atoms with Crippen molar-refractivity contribution in [3.05, 3.63) is 45.6 Å². The van der Waals surface area contributed by atoms with E-state index in [2.05, 4.69) is 4.98 Å². The largest absolute Gasteiger partial charge is 0.477 e. The third-order valence-corrected chi connectivity index (χ3v) is 3.64. The molecule has 3 rings (SSSR count). The molecule has 0 unspecified atom stereocenters. The van der Waals surface area contributed by atoms with Gasteiger partial charge in [0.15, 0.2) is 0 Å². The normalized spacial score (nSPS) is 11.1. The summed E-state index contributed by atoms with van der Waals surface area (Å²) in [6.45, 7) is 0. The second kappa shape index (κ2) is 3.43. The molecular weight excluding hydrogens is 238 g/mol. The van der Waals surface area contributed by atoms with Gasteiger partial charge in [0.1, 0.15) is 5.56 Å². The number of H-pyrrole nitrogens is 1. The molecule has 0 aliphatic rings. The molecule has 2 heterocycles. The molecule has 0 bridgehead atoms. The van der Waals surface area contributed by atoms with Crippen LogP contribution in [0, 0.1) is 0 Å². The molecule has 0 saturated heterocycles. The van der Waals surface area contributed by atoms with Crippen LogP contribution >= 0.6 is 11.3 Å². The number of rotatable bonds is 1.